The molecule has 0 radical (unpaired) electrons. The van der Waals surface area contributed by atoms with Crippen LogP contribution in [-0.2, 0) is 6.54 Å². The first-order valence-corrected chi connectivity index (χ1v) is 32.6. The second-order valence-corrected chi connectivity index (χ2v) is 24.7. The summed E-state index contributed by atoms with van der Waals surface area (Å²) in [6, 6.07) is 35.0. The van der Waals surface area contributed by atoms with Crippen LogP contribution in [0.5, 0.6) is 0 Å². The van der Waals surface area contributed by atoms with E-state index in [9.17, 15) is 19.2 Å². The number of carbonyl (C=O) groups is 4. The number of rotatable bonds is 13. The number of aromatic nitrogens is 14. The summed E-state index contributed by atoms with van der Waals surface area (Å²) in [6.45, 7) is 13.8. The summed E-state index contributed by atoms with van der Waals surface area (Å²) >= 11 is 0. The van der Waals surface area contributed by atoms with Gasteiger partial charge in [0.1, 0.15) is 11.4 Å². The first kappa shape index (κ1) is 66.7. The molecule has 99 heavy (non-hydrogen) atoms. The van der Waals surface area contributed by atoms with Crippen molar-refractivity contribution in [2.24, 2.45) is 5.92 Å². The van der Waals surface area contributed by atoms with Gasteiger partial charge in [-0.2, -0.15) is 0 Å². The number of carbonyl (C=O) groups excluding carboxylic acids is 4. The zero-order valence-electron chi connectivity index (χ0n) is 55.7. The second-order valence-electron chi connectivity index (χ2n) is 24.7. The number of piperidine rings is 1. The van der Waals surface area contributed by atoms with Crippen molar-refractivity contribution in [3.8, 4) is 46.2 Å². The van der Waals surface area contributed by atoms with Crippen LogP contribution < -0.4 is 22.9 Å². The molecule has 4 amide bonds. The van der Waals surface area contributed by atoms with Crippen LogP contribution in [-0.4, -0.2) is 157 Å². The lowest BCUT2D eigenvalue weighted by molar-refractivity contribution is 0.0678. The van der Waals surface area contributed by atoms with Crippen LogP contribution in [0.1, 0.15) is 114 Å². The van der Waals surface area contributed by atoms with Gasteiger partial charge in [-0.15, -0.1) is 20.4 Å². The lowest BCUT2D eigenvalue weighted by Gasteiger charge is -2.31. The Bertz CT molecular complexity index is 4970. The predicted octanol–water partition coefficient (Wildman–Crippen LogP) is 9.92. The highest BCUT2D eigenvalue weighted by Crippen LogP contribution is 2.28. The molecule has 506 valence electrons. The molecule has 2 unspecified atom stereocenters. The van der Waals surface area contributed by atoms with Gasteiger partial charge in [-0.05, 0) is 137 Å². The molecule has 1 aromatic carbocycles. The van der Waals surface area contributed by atoms with E-state index >= 15 is 0 Å². The van der Waals surface area contributed by atoms with Crippen LogP contribution >= 0.6 is 0 Å². The molecule has 12 aromatic heterocycles. The zero-order chi connectivity index (χ0) is 69.4. The molecular formula is C71H76N22O6. The van der Waals surface area contributed by atoms with E-state index in [1.54, 1.807) is 124 Å². The Labute approximate surface area is 568 Å². The Morgan fingerprint density at radius 2 is 1.00 bits per heavy atom. The van der Waals surface area contributed by atoms with Gasteiger partial charge in [-0.25, -0.2) is 38.0 Å². The Kier molecular flexibility index (Phi) is 19.7. The van der Waals surface area contributed by atoms with Crippen molar-refractivity contribution in [1.82, 2.24) is 88.0 Å². The highest BCUT2D eigenvalue weighted by molar-refractivity contribution is 5.98. The highest BCUT2D eigenvalue weighted by atomic mass is 16.3. The lowest BCUT2D eigenvalue weighted by Crippen LogP contribution is -2.39. The minimum atomic E-state index is -0.109. The van der Waals surface area contributed by atoms with E-state index in [1.165, 1.54) is 15.5 Å². The van der Waals surface area contributed by atoms with Crippen molar-refractivity contribution in [3.05, 3.63) is 193 Å². The van der Waals surface area contributed by atoms with Crippen LogP contribution in [0.4, 0.5) is 22.7 Å². The summed E-state index contributed by atoms with van der Waals surface area (Å²) in [5.41, 5.74) is 32.5. The number of pyridine rings is 6. The third-order valence-electron chi connectivity index (χ3n) is 16.8. The van der Waals surface area contributed by atoms with Crippen molar-refractivity contribution in [1.29, 1.82) is 0 Å². The number of nitrogen functional groups attached to an aromatic ring is 4. The van der Waals surface area contributed by atoms with Crippen LogP contribution in [0.2, 0.25) is 0 Å². The number of nitrogens with two attached hydrogens (primary N) is 4. The monoisotopic (exact) mass is 1330 g/mol. The topological polar surface area (TPSA) is 358 Å². The van der Waals surface area contributed by atoms with Crippen molar-refractivity contribution < 1.29 is 28.0 Å². The van der Waals surface area contributed by atoms with E-state index in [4.69, 9.17) is 31.8 Å². The summed E-state index contributed by atoms with van der Waals surface area (Å²) < 4.78 is 16.8. The van der Waals surface area contributed by atoms with E-state index in [0.29, 0.717) is 133 Å². The quantitative estimate of drug-likeness (QED) is 0.0833. The Morgan fingerprint density at radius 3 is 1.44 bits per heavy atom. The largest absolute Gasteiger partial charge is 0.461 e. The van der Waals surface area contributed by atoms with Crippen molar-refractivity contribution in [2.45, 2.75) is 85.4 Å². The smallest absolute Gasteiger partial charge is 0.256 e. The molecular weight excluding hydrogens is 1260 g/mol. The number of furan rings is 2. The Hall–Kier alpha value is -12.4. The number of nitrogens with zero attached hydrogens (tertiary/aromatic N) is 18. The molecule has 0 bridgehead atoms. The fourth-order valence-corrected chi connectivity index (χ4v) is 11.8. The number of fused-ring (bicyclic) bond motifs is 4. The van der Waals surface area contributed by atoms with Gasteiger partial charge in [0.25, 0.3) is 23.6 Å². The summed E-state index contributed by atoms with van der Waals surface area (Å²) in [6.07, 6.45) is 18.4. The number of anilines is 4. The molecule has 2 saturated heterocycles. The van der Waals surface area contributed by atoms with E-state index in [2.05, 4.69) is 64.1 Å². The molecule has 8 N–H and O–H groups in total. The fraction of sp³-hybridized carbons (Fsp3) is 0.268. The fourth-order valence-electron chi connectivity index (χ4n) is 11.8. The van der Waals surface area contributed by atoms with Crippen molar-refractivity contribution in [3.63, 3.8) is 0 Å². The minimum Gasteiger partial charge on any atom is -0.461 e. The van der Waals surface area contributed by atoms with Gasteiger partial charge in [0.15, 0.2) is 34.1 Å². The molecule has 2 aliphatic rings. The average Bonchev–Trinajstić information content (AvgIpc) is 1.67. The maximum Gasteiger partial charge on any atom is 0.256 e. The lowest BCUT2D eigenvalue weighted by atomic mass is 10.00. The molecule has 2 atom stereocenters. The SMILES string of the molecule is CC(C)N(Cc1ccccc1)C(=O)c1cc(N)c2nc(-c3ccco3)nn2c1.CC1CCCN(C(=O)c2cc(N)c3nc(-c4ccccn4)nn3c2)C1.CC1CCCN1C(=O)c1cc(N)c2nc(-c3ccco3)nn2c1.CCCN(C)C(=O)c1cc(N)c2nc(-c3ccccn3)nn2c1. The van der Waals surface area contributed by atoms with E-state index in [1.807, 2.05) is 97.3 Å². The summed E-state index contributed by atoms with van der Waals surface area (Å²) in [5, 5.41) is 17.6. The molecule has 14 heterocycles. The summed E-state index contributed by atoms with van der Waals surface area (Å²) in [5.74, 6) is 3.25. The van der Waals surface area contributed by atoms with Crippen LogP contribution in [0, 0.1) is 5.92 Å². The number of likely N-dealkylation sites (tertiary alicyclic amines) is 2. The number of hydrogen-bond donors (Lipinski definition) is 4. The van der Waals surface area contributed by atoms with E-state index < -0.39 is 0 Å². The second kappa shape index (κ2) is 29.3. The minimum absolute atomic E-state index is 0.00460. The summed E-state index contributed by atoms with van der Waals surface area (Å²) in [7, 11) is 1.77. The normalized spacial score (nSPS) is 14.4. The predicted molar refractivity (Wildman–Crippen MR) is 374 cm³/mol. The molecule has 13 aromatic rings. The van der Waals surface area contributed by atoms with Crippen molar-refractivity contribution in [2.75, 3.05) is 56.2 Å². The van der Waals surface area contributed by atoms with Gasteiger partial charge in [0.2, 0.25) is 23.3 Å². The van der Waals surface area contributed by atoms with E-state index in [-0.39, 0.29) is 35.7 Å². The third kappa shape index (κ3) is 14.9. The van der Waals surface area contributed by atoms with Gasteiger partial charge in [0, 0.05) is 89.0 Å². The molecule has 2 aliphatic heterocycles. The number of amides is 4. The maximum atomic E-state index is 13.2. The van der Waals surface area contributed by atoms with Crippen LogP contribution in [0.3, 0.4) is 0 Å². The first-order chi connectivity index (χ1) is 47.9. The van der Waals surface area contributed by atoms with E-state index in [0.717, 1.165) is 50.9 Å². The van der Waals surface area contributed by atoms with Crippen LogP contribution in [0.25, 0.3) is 68.8 Å². The Morgan fingerprint density at radius 1 is 0.545 bits per heavy atom. The molecule has 15 rings (SSSR count). The zero-order valence-corrected chi connectivity index (χ0v) is 55.7. The Balaban J connectivity index is 0.000000126. The molecule has 2 fully saturated rings. The van der Waals surface area contributed by atoms with Gasteiger partial charge < -0.3 is 51.4 Å². The van der Waals surface area contributed by atoms with Gasteiger partial charge in [-0.1, -0.05) is 56.3 Å². The number of hydrogen-bond acceptors (Lipinski definition) is 20. The molecule has 0 saturated carbocycles. The molecule has 0 spiro atoms. The average molecular weight is 1330 g/mol. The third-order valence-corrected chi connectivity index (χ3v) is 16.8. The molecule has 0 aliphatic carbocycles. The van der Waals surface area contributed by atoms with Gasteiger partial charge in [-0.3, -0.25) is 29.1 Å². The first-order valence-electron chi connectivity index (χ1n) is 32.6. The maximum absolute atomic E-state index is 13.2. The summed E-state index contributed by atoms with van der Waals surface area (Å²) in [4.78, 5) is 84.5. The van der Waals surface area contributed by atoms with Gasteiger partial charge in [0.05, 0.1) is 57.5 Å². The standard InChI is InChI=1S/C21H21N5O2.C18H20N6O.C16H18N6O.C16H17N5O2/c1-14(2)25(12-15-7-4-3-5-8-15)21(27)16-11-17(22)20-23-19(24-26(20)13-16)18-9-6-10-28-18;1-12-5-4-8-23(10-12)18(25)13-9-14(19)17-21-16(22-24(17)11-13)15-6-2-3-7-20-15;1-3-8-21(2)16(23)11-9-12(17)15-19-14(20-22(15)10-11)13-6-4-5-7-18-13;1-10-4-2-6-20(10)16(22)11-8-12(17)15-18-14(19-21(15)9-11)13-5-3-7-23-13/h3-11,13-14H,12,22H2,1-2H3;2-3,6-7,9,11-12H,4-5,8,10,19H2,1H3;4-7,9-10H,3,8,17H2,1-2H3;3,5,7-10H,2,4,6,17H2,1H3. The highest BCUT2D eigenvalue weighted by Gasteiger charge is 2.29. The van der Waals surface area contributed by atoms with Gasteiger partial charge >= 0.3 is 0 Å². The number of benzene rings is 1. The van der Waals surface area contributed by atoms with Crippen molar-refractivity contribution >= 4 is 69.0 Å². The van der Waals surface area contributed by atoms with Crippen LogP contribution in [0.15, 0.2) is 174 Å². The molecule has 28 heteroatoms. The molecule has 28 nitrogen and oxygen atoms in total.